The summed E-state index contributed by atoms with van der Waals surface area (Å²) in [6.07, 6.45) is 2.96. The molecule has 3 rings (SSSR count). The summed E-state index contributed by atoms with van der Waals surface area (Å²) in [5.74, 6) is 0.633. The molecule has 2 heterocycles. The second kappa shape index (κ2) is 4.68. The van der Waals surface area contributed by atoms with Crippen molar-refractivity contribution in [3.63, 3.8) is 0 Å². The molecule has 0 radical (unpaired) electrons. The van der Waals surface area contributed by atoms with Crippen molar-refractivity contribution in [2.24, 2.45) is 0 Å². The van der Waals surface area contributed by atoms with Crippen LogP contribution in [0.2, 0.25) is 0 Å². The van der Waals surface area contributed by atoms with Crippen LogP contribution in [0.4, 0.5) is 5.95 Å². The van der Waals surface area contributed by atoms with Crippen LogP contribution in [0.25, 0.3) is 17.0 Å². The molecule has 0 unspecified atom stereocenters. The molecule has 0 aliphatic carbocycles. The topological polar surface area (TPSA) is 103 Å². The van der Waals surface area contributed by atoms with Crippen LogP contribution < -0.4 is 5.73 Å². The van der Waals surface area contributed by atoms with Gasteiger partial charge in [-0.1, -0.05) is 6.07 Å². The van der Waals surface area contributed by atoms with Gasteiger partial charge in [0.1, 0.15) is 6.33 Å². The van der Waals surface area contributed by atoms with Crippen molar-refractivity contribution < 1.29 is 8.42 Å². The van der Waals surface area contributed by atoms with E-state index in [1.54, 1.807) is 12.3 Å². The van der Waals surface area contributed by atoms with E-state index in [2.05, 4.69) is 15.0 Å². The maximum absolute atomic E-state index is 11.5. The largest absolute Gasteiger partial charge is 0.369 e. The average molecular weight is 324 g/mol. The first-order chi connectivity index (χ1) is 9.86. The van der Waals surface area contributed by atoms with Crippen molar-refractivity contribution >= 4 is 31.5 Å². The third kappa shape index (κ3) is 2.43. The number of nitrogens with two attached hydrogens (primary N) is 1. The van der Waals surface area contributed by atoms with Gasteiger partial charge in [0.2, 0.25) is 11.7 Å². The van der Waals surface area contributed by atoms with E-state index in [4.69, 9.17) is 16.4 Å². The van der Waals surface area contributed by atoms with Crippen molar-refractivity contribution in [1.82, 2.24) is 19.4 Å². The first kappa shape index (κ1) is 13.8. The highest BCUT2D eigenvalue weighted by Crippen LogP contribution is 2.27. The number of nitrogen functional groups attached to an aromatic ring is 1. The predicted molar refractivity (Wildman–Crippen MR) is 78.4 cm³/mol. The summed E-state index contributed by atoms with van der Waals surface area (Å²) >= 11 is 0. The Balaban J connectivity index is 2.25. The Labute approximate surface area is 124 Å². The fourth-order valence-corrected chi connectivity index (χ4v) is 2.77. The van der Waals surface area contributed by atoms with Crippen molar-refractivity contribution in [2.45, 2.75) is 11.8 Å². The molecule has 2 aromatic heterocycles. The van der Waals surface area contributed by atoms with Crippen LogP contribution in [0.5, 0.6) is 0 Å². The SMILES string of the molecule is Cc1ccc(S(=O)(=O)Cl)cc1-c1cn2c(N)ncnc2n1. The number of imidazole rings is 1. The van der Waals surface area contributed by atoms with E-state index in [-0.39, 0.29) is 10.8 Å². The second-order valence-electron chi connectivity index (χ2n) is 4.44. The van der Waals surface area contributed by atoms with Gasteiger partial charge >= 0.3 is 0 Å². The van der Waals surface area contributed by atoms with E-state index in [0.29, 0.717) is 17.0 Å². The minimum absolute atomic E-state index is 0.0147. The number of aryl methyl sites for hydroxylation is 1. The predicted octanol–water partition coefficient (Wildman–Crippen LogP) is 1.61. The number of aromatic nitrogens is 4. The van der Waals surface area contributed by atoms with E-state index in [1.165, 1.54) is 22.9 Å². The number of nitrogens with zero attached hydrogens (tertiary/aromatic N) is 4. The Hall–Kier alpha value is -2.19. The van der Waals surface area contributed by atoms with E-state index in [9.17, 15) is 8.42 Å². The molecule has 7 nitrogen and oxygen atoms in total. The molecular formula is C12H10ClN5O2S. The minimum atomic E-state index is -3.80. The van der Waals surface area contributed by atoms with Crippen LogP contribution in [0.3, 0.4) is 0 Å². The minimum Gasteiger partial charge on any atom is -0.369 e. The zero-order valence-corrected chi connectivity index (χ0v) is 12.4. The summed E-state index contributed by atoms with van der Waals surface area (Å²) in [7, 11) is 1.58. The number of fused-ring (bicyclic) bond motifs is 1. The Kier molecular flexibility index (Phi) is 3.07. The average Bonchev–Trinajstić information content (AvgIpc) is 2.83. The normalized spacial score (nSPS) is 11.9. The number of hydrogen-bond acceptors (Lipinski definition) is 6. The van der Waals surface area contributed by atoms with Gasteiger partial charge in [0.05, 0.1) is 10.6 Å². The fraction of sp³-hybridized carbons (Fsp3) is 0.0833. The van der Waals surface area contributed by atoms with Gasteiger partial charge in [0.15, 0.2) is 0 Å². The summed E-state index contributed by atoms with van der Waals surface area (Å²) in [5.41, 5.74) is 7.78. The summed E-state index contributed by atoms with van der Waals surface area (Å²) < 4.78 is 24.4. The number of hydrogen-bond donors (Lipinski definition) is 1. The molecule has 0 spiro atoms. The van der Waals surface area contributed by atoms with Gasteiger partial charge in [0, 0.05) is 22.4 Å². The molecule has 21 heavy (non-hydrogen) atoms. The summed E-state index contributed by atoms with van der Waals surface area (Å²) in [4.78, 5) is 12.2. The molecule has 0 saturated carbocycles. The van der Waals surface area contributed by atoms with E-state index in [0.717, 1.165) is 5.56 Å². The van der Waals surface area contributed by atoms with Crippen molar-refractivity contribution in [2.75, 3.05) is 5.73 Å². The lowest BCUT2D eigenvalue weighted by Crippen LogP contribution is -1.99. The quantitative estimate of drug-likeness (QED) is 0.719. The Morgan fingerprint density at radius 3 is 2.71 bits per heavy atom. The molecule has 1 aromatic carbocycles. The smallest absolute Gasteiger partial charge is 0.261 e. The zero-order valence-electron chi connectivity index (χ0n) is 10.9. The highest BCUT2D eigenvalue weighted by molar-refractivity contribution is 8.13. The molecule has 0 aliphatic rings. The van der Waals surface area contributed by atoms with E-state index in [1.807, 2.05) is 6.92 Å². The molecule has 0 atom stereocenters. The number of halogens is 1. The van der Waals surface area contributed by atoms with Gasteiger partial charge < -0.3 is 5.73 Å². The first-order valence-electron chi connectivity index (χ1n) is 5.87. The highest BCUT2D eigenvalue weighted by atomic mass is 35.7. The molecule has 0 amide bonds. The first-order valence-corrected chi connectivity index (χ1v) is 8.18. The van der Waals surface area contributed by atoms with Crippen LogP contribution in [0.15, 0.2) is 35.6 Å². The molecule has 9 heteroatoms. The summed E-state index contributed by atoms with van der Waals surface area (Å²) in [6.45, 7) is 1.85. The molecular weight excluding hydrogens is 314 g/mol. The molecule has 0 fully saturated rings. The van der Waals surface area contributed by atoms with Gasteiger partial charge in [-0.2, -0.15) is 0 Å². The number of rotatable bonds is 2. The van der Waals surface area contributed by atoms with Gasteiger partial charge in [-0.3, -0.25) is 4.40 Å². The van der Waals surface area contributed by atoms with Crippen LogP contribution in [-0.4, -0.2) is 27.8 Å². The lowest BCUT2D eigenvalue weighted by atomic mass is 10.1. The van der Waals surface area contributed by atoms with E-state index < -0.39 is 9.05 Å². The second-order valence-corrected chi connectivity index (χ2v) is 7.01. The summed E-state index contributed by atoms with van der Waals surface area (Å²) in [5, 5.41) is 0. The molecule has 108 valence electrons. The summed E-state index contributed by atoms with van der Waals surface area (Å²) in [6, 6.07) is 4.60. The molecule has 0 bridgehead atoms. The number of benzene rings is 1. The molecule has 0 aliphatic heterocycles. The van der Waals surface area contributed by atoms with Gasteiger partial charge in [0.25, 0.3) is 9.05 Å². The lowest BCUT2D eigenvalue weighted by molar-refractivity contribution is 0.609. The van der Waals surface area contributed by atoms with Gasteiger partial charge in [-0.05, 0) is 24.6 Å². The molecule has 2 N–H and O–H groups in total. The Morgan fingerprint density at radius 2 is 2.05 bits per heavy atom. The lowest BCUT2D eigenvalue weighted by Gasteiger charge is -2.04. The third-order valence-corrected chi connectivity index (χ3v) is 4.42. The van der Waals surface area contributed by atoms with Crippen LogP contribution >= 0.6 is 10.7 Å². The third-order valence-electron chi connectivity index (χ3n) is 3.06. The maximum atomic E-state index is 11.5. The zero-order chi connectivity index (χ0) is 15.2. The molecule has 0 saturated heterocycles. The Morgan fingerprint density at radius 1 is 1.29 bits per heavy atom. The Bertz CT molecular complexity index is 951. The van der Waals surface area contributed by atoms with Gasteiger partial charge in [-0.25, -0.2) is 23.4 Å². The van der Waals surface area contributed by atoms with Crippen molar-refractivity contribution in [3.05, 3.63) is 36.3 Å². The standard InChI is InChI=1S/C12H10ClN5O2S/c1-7-2-3-8(21(13,19)20)4-9(7)10-5-18-11(14)15-6-16-12(18)17-10/h2-6H,1H3,(H2,14,15,16,17). The fourth-order valence-electron chi connectivity index (χ4n) is 1.99. The van der Waals surface area contributed by atoms with E-state index >= 15 is 0 Å². The highest BCUT2D eigenvalue weighted by Gasteiger charge is 2.15. The van der Waals surface area contributed by atoms with Crippen molar-refractivity contribution in [1.29, 1.82) is 0 Å². The van der Waals surface area contributed by atoms with Crippen LogP contribution in [0.1, 0.15) is 5.56 Å². The van der Waals surface area contributed by atoms with Crippen molar-refractivity contribution in [3.8, 4) is 11.3 Å². The monoisotopic (exact) mass is 323 g/mol. The van der Waals surface area contributed by atoms with Crippen LogP contribution in [0, 0.1) is 6.92 Å². The number of anilines is 1. The van der Waals surface area contributed by atoms with Crippen LogP contribution in [-0.2, 0) is 9.05 Å². The molecule has 3 aromatic rings. The van der Waals surface area contributed by atoms with Gasteiger partial charge in [-0.15, -0.1) is 0 Å². The maximum Gasteiger partial charge on any atom is 0.261 e.